The van der Waals surface area contributed by atoms with Crippen molar-refractivity contribution in [3.63, 3.8) is 0 Å². The Kier molecular flexibility index (Phi) is 4.73. The number of rotatable bonds is 2. The molecule has 0 bridgehead atoms. The maximum Gasteiger partial charge on any atom is 0.326 e. The van der Waals surface area contributed by atoms with Crippen LogP contribution in [0.2, 0.25) is 5.02 Å². The second-order valence-electron chi connectivity index (χ2n) is 5.46. The van der Waals surface area contributed by atoms with E-state index in [1.54, 1.807) is 12.1 Å². The van der Waals surface area contributed by atoms with Crippen molar-refractivity contribution >= 4 is 29.3 Å². The highest BCUT2D eigenvalue weighted by atomic mass is 35.5. The van der Waals surface area contributed by atoms with Gasteiger partial charge in [-0.1, -0.05) is 30.7 Å². The Hall–Kier alpha value is -1.75. The van der Waals surface area contributed by atoms with Gasteiger partial charge in [-0.3, -0.25) is 0 Å². The van der Waals surface area contributed by atoms with Gasteiger partial charge in [-0.2, -0.15) is 0 Å². The van der Waals surface area contributed by atoms with Crippen LogP contribution < -0.4 is 5.32 Å². The lowest BCUT2D eigenvalue weighted by Crippen LogP contribution is -2.53. The minimum absolute atomic E-state index is 0.0608. The number of amides is 2. The fraction of sp³-hybridized carbons (Fsp3) is 0.467. The molecule has 114 valence electrons. The summed E-state index contributed by atoms with van der Waals surface area (Å²) in [6.07, 6.45) is 1.62. The van der Waals surface area contributed by atoms with Crippen LogP contribution >= 0.6 is 11.6 Å². The lowest BCUT2D eigenvalue weighted by molar-refractivity contribution is -0.145. The zero-order chi connectivity index (χ0) is 15.6. The molecule has 1 aromatic rings. The van der Waals surface area contributed by atoms with Gasteiger partial charge in [-0.15, -0.1) is 0 Å². The summed E-state index contributed by atoms with van der Waals surface area (Å²) in [4.78, 5) is 25.2. The van der Waals surface area contributed by atoms with Gasteiger partial charge < -0.3 is 15.3 Å². The van der Waals surface area contributed by atoms with E-state index in [0.717, 1.165) is 18.4 Å². The molecule has 1 aliphatic heterocycles. The number of nitrogens with one attached hydrogen (secondary N) is 1. The smallest absolute Gasteiger partial charge is 0.326 e. The number of anilines is 1. The van der Waals surface area contributed by atoms with Gasteiger partial charge in [-0.05, 0) is 37.3 Å². The van der Waals surface area contributed by atoms with E-state index >= 15 is 0 Å². The van der Waals surface area contributed by atoms with E-state index < -0.39 is 18.0 Å². The summed E-state index contributed by atoms with van der Waals surface area (Å²) in [7, 11) is 0. The number of benzene rings is 1. The number of hydrogen-bond acceptors (Lipinski definition) is 2. The van der Waals surface area contributed by atoms with Gasteiger partial charge in [0.2, 0.25) is 0 Å². The number of para-hydroxylation sites is 1. The van der Waals surface area contributed by atoms with Crippen molar-refractivity contribution in [2.45, 2.75) is 32.7 Å². The fourth-order valence-corrected chi connectivity index (χ4v) is 3.03. The number of carbonyl (C=O) groups is 2. The molecule has 1 aliphatic rings. The van der Waals surface area contributed by atoms with Crippen LogP contribution in [0.3, 0.4) is 0 Å². The number of carbonyl (C=O) groups excluding carboxylic acids is 1. The molecule has 2 unspecified atom stereocenters. The molecule has 2 N–H and O–H groups in total. The average molecular weight is 311 g/mol. The van der Waals surface area contributed by atoms with E-state index in [1.165, 1.54) is 4.90 Å². The van der Waals surface area contributed by atoms with Gasteiger partial charge in [0.15, 0.2) is 0 Å². The highest BCUT2D eigenvalue weighted by Crippen LogP contribution is 2.28. The van der Waals surface area contributed by atoms with E-state index in [0.29, 0.717) is 17.3 Å². The van der Waals surface area contributed by atoms with E-state index in [2.05, 4.69) is 5.32 Å². The Morgan fingerprint density at radius 3 is 2.76 bits per heavy atom. The lowest BCUT2D eigenvalue weighted by atomic mass is 9.91. The largest absolute Gasteiger partial charge is 0.480 e. The molecule has 0 aromatic heterocycles. The van der Waals surface area contributed by atoms with E-state index in [1.807, 2.05) is 19.9 Å². The molecule has 0 saturated carbocycles. The molecular formula is C15H19ClN2O3. The third kappa shape index (κ3) is 3.29. The summed E-state index contributed by atoms with van der Waals surface area (Å²) < 4.78 is 0. The van der Waals surface area contributed by atoms with Crippen molar-refractivity contribution in [3.8, 4) is 0 Å². The van der Waals surface area contributed by atoms with Crippen LogP contribution in [-0.4, -0.2) is 34.6 Å². The molecule has 21 heavy (non-hydrogen) atoms. The summed E-state index contributed by atoms with van der Waals surface area (Å²) in [5, 5.41) is 12.5. The molecule has 1 fully saturated rings. The molecule has 2 rings (SSSR count). The third-order valence-electron chi connectivity index (χ3n) is 3.90. The summed E-state index contributed by atoms with van der Waals surface area (Å²) in [6, 6.07) is 4.13. The number of nitrogens with zero attached hydrogens (tertiary/aromatic N) is 1. The molecule has 0 spiro atoms. The number of aryl methyl sites for hydroxylation is 1. The number of aliphatic carboxylic acids is 1. The summed E-state index contributed by atoms with van der Waals surface area (Å²) in [6.45, 7) is 4.14. The summed E-state index contributed by atoms with van der Waals surface area (Å²) in [5.74, 6) is -1.03. The van der Waals surface area contributed by atoms with Gasteiger partial charge >= 0.3 is 12.0 Å². The molecular weight excluding hydrogens is 292 g/mol. The normalized spacial score (nSPS) is 22.0. The first-order chi connectivity index (χ1) is 9.91. The SMILES string of the molecule is Cc1cccc(Cl)c1NC(=O)N1CCCC(C)C1C(=O)O. The van der Waals surface area contributed by atoms with Gasteiger partial charge in [0.05, 0.1) is 10.7 Å². The predicted octanol–water partition coefficient (Wildman–Crippen LogP) is 3.37. The number of piperidine rings is 1. The molecule has 2 amide bonds. The molecule has 1 aromatic carbocycles. The van der Waals surface area contributed by atoms with Crippen molar-refractivity contribution in [1.82, 2.24) is 4.90 Å². The first-order valence-corrected chi connectivity index (χ1v) is 7.35. The molecule has 1 saturated heterocycles. The number of urea groups is 1. The lowest BCUT2D eigenvalue weighted by Gasteiger charge is -2.37. The maximum absolute atomic E-state index is 12.4. The van der Waals surface area contributed by atoms with E-state index in [4.69, 9.17) is 11.6 Å². The van der Waals surface area contributed by atoms with Crippen LogP contribution in [0, 0.1) is 12.8 Å². The molecule has 0 aliphatic carbocycles. The Bertz CT molecular complexity index is 542. The van der Waals surface area contributed by atoms with Gasteiger partial charge in [-0.25, -0.2) is 9.59 Å². The van der Waals surface area contributed by atoms with Crippen molar-refractivity contribution in [2.24, 2.45) is 5.92 Å². The Morgan fingerprint density at radius 2 is 2.14 bits per heavy atom. The van der Waals surface area contributed by atoms with Crippen molar-refractivity contribution in [2.75, 3.05) is 11.9 Å². The first-order valence-electron chi connectivity index (χ1n) is 6.97. The fourth-order valence-electron chi connectivity index (χ4n) is 2.76. The Morgan fingerprint density at radius 1 is 1.43 bits per heavy atom. The zero-order valence-electron chi connectivity index (χ0n) is 12.1. The van der Waals surface area contributed by atoms with Crippen LogP contribution in [0.5, 0.6) is 0 Å². The zero-order valence-corrected chi connectivity index (χ0v) is 12.9. The summed E-state index contributed by atoms with van der Waals surface area (Å²) >= 11 is 6.09. The van der Waals surface area contributed by atoms with E-state index in [-0.39, 0.29) is 5.92 Å². The third-order valence-corrected chi connectivity index (χ3v) is 4.22. The minimum Gasteiger partial charge on any atom is -0.480 e. The van der Waals surface area contributed by atoms with Crippen molar-refractivity contribution < 1.29 is 14.7 Å². The number of halogens is 1. The van der Waals surface area contributed by atoms with Crippen LogP contribution in [0.15, 0.2) is 18.2 Å². The predicted molar refractivity (Wildman–Crippen MR) is 81.7 cm³/mol. The van der Waals surface area contributed by atoms with Crippen LogP contribution in [0.4, 0.5) is 10.5 Å². The van der Waals surface area contributed by atoms with Crippen LogP contribution in [0.1, 0.15) is 25.3 Å². The minimum atomic E-state index is -0.965. The van der Waals surface area contributed by atoms with Gasteiger partial charge in [0.25, 0.3) is 0 Å². The van der Waals surface area contributed by atoms with Crippen molar-refractivity contribution in [3.05, 3.63) is 28.8 Å². The molecule has 0 radical (unpaired) electrons. The average Bonchev–Trinajstić information content (AvgIpc) is 2.42. The highest BCUT2D eigenvalue weighted by Gasteiger charge is 2.37. The number of hydrogen-bond donors (Lipinski definition) is 2. The maximum atomic E-state index is 12.4. The molecule has 6 heteroatoms. The summed E-state index contributed by atoms with van der Waals surface area (Å²) in [5.41, 5.74) is 1.37. The highest BCUT2D eigenvalue weighted by molar-refractivity contribution is 6.33. The van der Waals surface area contributed by atoms with Gasteiger partial charge in [0.1, 0.15) is 6.04 Å². The van der Waals surface area contributed by atoms with Crippen molar-refractivity contribution in [1.29, 1.82) is 0 Å². The van der Waals surface area contributed by atoms with E-state index in [9.17, 15) is 14.7 Å². The number of carboxylic acids is 1. The topological polar surface area (TPSA) is 69.6 Å². The standard InChI is InChI=1S/C15H19ClN2O3/c1-9-5-3-7-11(16)12(9)17-15(21)18-8-4-6-10(2)13(18)14(19)20/h3,5,7,10,13H,4,6,8H2,1-2H3,(H,17,21)(H,19,20). The Labute approximate surface area is 128 Å². The second kappa shape index (κ2) is 6.35. The van der Waals surface area contributed by atoms with Crippen LogP contribution in [0.25, 0.3) is 0 Å². The molecule has 2 atom stereocenters. The number of likely N-dealkylation sites (tertiary alicyclic amines) is 1. The number of carboxylic acid groups (broad SMARTS) is 1. The molecule has 5 nitrogen and oxygen atoms in total. The second-order valence-corrected chi connectivity index (χ2v) is 5.87. The van der Waals surface area contributed by atoms with Gasteiger partial charge in [0, 0.05) is 6.54 Å². The first kappa shape index (κ1) is 15.6. The molecule has 1 heterocycles. The quantitative estimate of drug-likeness (QED) is 0.880. The monoisotopic (exact) mass is 310 g/mol. The Balaban J connectivity index is 2.20. The van der Waals surface area contributed by atoms with Crippen LogP contribution in [-0.2, 0) is 4.79 Å².